The molecule has 4 atom stereocenters. The Morgan fingerprint density at radius 1 is 1.45 bits per heavy atom. The molecule has 116 valence electrons. The first-order valence-corrected chi connectivity index (χ1v) is 7.34. The lowest BCUT2D eigenvalue weighted by atomic mass is 9.98. The van der Waals surface area contributed by atoms with E-state index in [1.165, 1.54) is 17.7 Å². The van der Waals surface area contributed by atoms with Gasteiger partial charge in [-0.2, -0.15) is 0 Å². The molecule has 1 saturated heterocycles. The van der Waals surface area contributed by atoms with Crippen LogP contribution in [0.3, 0.4) is 0 Å². The number of nitrogen functional groups attached to an aromatic ring is 1. The number of fused-ring (bicyclic) bond motifs is 1. The highest BCUT2D eigenvalue weighted by atomic mass is 32.1. The number of hydrogen-bond acceptors (Lipinski definition) is 9. The highest BCUT2D eigenvalue weighted by Crippen LogP contribution is 2.45. The summed E-state index contributed by atoms with van der Waals surface area (Å²) in [5.74, 6) is 0.373. The smallest absolute Gasteiger partial charge is 0.210 e. The van der Waals surface area contributed by atoms with Crippen molar-refractivity contribution in [1.29, 1.82) is 0 Å². The van der Waals surface area contributed by atoms with Gasteiger partial charge in [0.15, 0.2) is 0 Å². The van der Waals surface area contributed by atoms with Crippen LogP contribution in [0.4, 0.5) is 5.82 Å². The molecule has 9 heteroatoms. The van der Waals surface area contributed by atoms with Crippen molar-refractivity contribution in [2.45, 2.75) is 24.0 Å². The molecule has 0 aliphatic carbocycles. The SMILES string of the molecule is C=N[C@H]1[C@H](c2csc3c(N)ncnc23)O[C@@](CO)(N=C)[C@H]1O. The quantitative estimate of drug-likeness (QED) is 0.689. The monoisotopic (exact) mass is 321 g/mol. The number of ether oxygens (including phenoxy) is 1. The van der Waals surface area contributed by atoms with E-state index < -0.39 is 30.6 Å². The summed E-state index contributed by atoms with van der Waals surface area (Å²) in [5, 5.41) is 21.8. The fourth-order valence-corrected chi connectivity index (χ4v) is 3.58. The minimum Gasteiger partial charge on any atom is -0.391 e. The number of aromatic nitrogens is 2. The molecule has 0 radical (unpaired) electrons. The van der Waals surface area contributed by atoms with Crippen LogP contribution < -0.4 is 5.73 Å². The Morgan fingerprint density at radius 2 is 2.23 bits per heavy atom. The zero-order valence-electron chi connectivity index (χ0n) is 11.6. The minimum atomic E-state index is -1.52. The number of aliphatic hydroxyl groups excluding tert-OH is 2. The summed E-state index contributed by atoms with van der Waals surface area (Å²) in [7, 11) is 0. The van der Waals surface area contributed by atoms with Gasteiger partial charge in [0.2, 0.25) is 5.72 Å². The van der Waals surface area contributed by atoms with Crippen LogP contribution in [0.25, 0.3) is 10.2 Å². The van der Waals surface area contributed by atoms with Gasteiger partial charge >= 0.3 is 0 Å². The molecule has 0 spiro atoms. The van der Waals surface area contributed by atoms with Crippen LogP contribution in [0.5, 0.6) is 0 Å². The molecule has 0 amide bonds. The van der Waals surface area contributed by atoms with E-state index in [-0.39, 0.29) is 0 Å². The first-order chi connectivity index (χ1) is 10.6. The number of anilines is 1. The standard InChI is InChI=1S/C13H15N5O3S/c1-15-8-9(21-13(4-19,16-2)11(8)20)6-3-22-10-7(6)17-5-18-12(10)14/h3,5,8-9,11,19-20H,1-2,4H2,(H2,14,17,18)/t8-,9-,11-,13+/m0/s1. The maximum Gasteiger partial charge on any atom is 0.210 e. The van der Waals surface area contributed by atoms with E-state index in [1.807, 2.05) is 5.38 Å². The van der Waals surface area contributed by atoms with Gasteiger partial charge in [0.1, 0.15) is 30.4 Å². The predicted molar refractivity (Wildman–Crippen MR) is 84.4 cm³/mol. The van der Waals surface area contributed by atoms with Gasteiger partial charge in [0.05, 0.1) is 16.8 Å². The van der Waals surface area contributed by atoms with Crippen LogP contribution in [0.15, 0.2) is 21.7 Å². The molecule has 0 bridgehead atoms. The molecule has 0 unspecified atom stereocenters. The Morgan fingerprint density at radius 3 is 2.86 bits per heavy atom. The second-order valence-corrected chi connectivity index (χ2v) is 5.82. The normalized spacial score (nSPS) is 31.5. The molecule has 1 aliphatic rings. The van der Waals surface area contributed by atoms with Crippen molar-refractivity contribution in [3.05, 3.63) is 17.3 Å². The second-order valence-electron chi connectivity index (χ2n) is 4.95. The van der Waals surface area contributed by atoms with Crippen molar-refractivity contribution in [3.63, 3.8) is 0 Å². The van der Waals surface area contributed by atoms with Crippen molar-refractivity contribution in [2.75, 3.05) is 12.3 Å². The van der Waals surface area contributed by atoms with Gasteiger partial charge in [0.25, 0.3) is 0 Å². The number of rotatable bonds is 4. The third kappa shape index (κ3) is 1.94. The zero-order valence-corrected chi connectivity index (χ0v) is 12.4. The maximum absolute atomic E-state index is 10.4. The average molecular weight is 321 g/mol. The number of aliphatic hydroxyl groups is 2. The largest absolute Gasteiger partial charge is 0.391 e. The lowest BCUT2D eigenvalue weighted by Crippen LogP contribution is -2.44. The van der Waals surface area contributed by atoms with Gasteiger partial charge in [-0.15, -0.1) is 11.3 Å². The maximum atomic E-state index is 10.4. The van der Waals surface area contributed by atoms with Crippen LogP contribution in [-0.2, 0) is 4.74 Å². The number of thiophene rings is 1. The Labute approximate surface area is 130 Å². The van der Waals surface area contributed by atoms with Crippen LogP contribution in [0, 0.1) is 0 Å². The van der Waals surface area contributed by atoms with E-state index in [0.29, 0.717) is 16.9 Å². The molecule has 1 aliphatic heterocycles. The lowest BCUT2D eigenvalue weighted by Gasteiger charge is -2.24. The summed E-state index contributed by atoms with van der Waals surface area (Å²) in [6.07, 6.45) is -0.458. The molecule has 22 heavy (non-hydrogen) atoms. The third-order valence-corrected chi connectivity index (χ3v) is 4.86. The first kappa shape index (κ1) is 15.0. The van der Waals surface area contributed by atoms with E-state index in [2.05, 4.69) is 33.4 Å². The van der Waals surface area contributed by atoms with Gasteiger partial charge in [-0.3, -0.25) is 9.98 Å². The first-order valence-electron chi connectivity index (χ1n) is 6.46. The lowest BCUT2D eigenvalue weighted by molar-refractivity contribution is -0.105. The topological polar surface area (TPSA) is 126 Å². The molecule has 1 fully saturated rings. The average Bonchev–Trinajstić information content (AvgIpc) is 3.07. The molecule has 3 rings (SSSR count). The minimum absolute atomic E-state index is 0.373. The molecule has 4 N–H and O–H groups in total. The van der Waals surface area contributed by atoms with Crippen LogP contribution >= 0.6 is 11.3 Å². The summed E-state index contributed by atoms with van der Waals surface area (Å²) in [6, 6.07) is -0.702. The van der Waals surface area contributed by atoms with E-state index >= 15 is 0 Å². The van der Waals surface area contributed by atoms with E-state index in [0.717, 1.165) is 4.70 Å². The van der Waals surface area contributed by atoms with Crippen molar-refractivity contribution >= 4 is 40.8 Å². The third-order valence-electron chi connectivity index (χ3n) is 3.85. The number of nitrogens with zero attached hydrogens (tertiary/aromatic N) is 4. The molecule has 0 saturated carbocycles. The number of aliphatic imine (C=N–C) groups is 2. The Bertz CT molecular complexity index is 736. The molecular weight excluding hydrogens is 306 g/mol. The van der Waals surface area contributed by atoms with Crippen LogP contribution in [0.2, 0.25) is 0 Å². The Hall–Kier alpha value is -1.94. The fraction of sp³-hybridized carbons (Fsp3) is 0.385. The van der Waals surface area contributed by atoms with Crippen molar-refractivity contribution in [3.8, 4) is 0 Å². The summed E-state index contributed by atoms with van der Waals surface area (Å²) >= 11 is 1.37. The van der Waals surface area contributed by atoms with Crippen molar-refractivity contribution in [2.24, 2.45) is 9.98 Å². The van der Waals surface area contributed by atoms with E-state index in [9.17, 15) is 10.2 Å². The highest BCUT2D eigenvalue weighted by molar-refractivity contribution is 7.17. The Balaban J connectivity index is 2.11. The van der Waals surface area contributed by atoms with Crippen LogP contribution in [0.1, 0.15) is 11.7 Å². The van der Waals surface area contributed by atoms with Gasteiger partial charge in [-0.25, -0.2) is 9.97 Å². The van der Waals surface area contributed by atoms with Crippen molar-refractivity contribution in [1.82, 2.24) is 9.97 Å². The summed E-state index contributed by atoms with van der Waals surface area (Å²) in [5.41, 5.74) is 5.63. The molecule has 8 nitrogen and oxygen atoms in total. The fourth-order valence-electron chi connectivity index (χ4n) is 2.64. The molecule has 2 aromatic heterocycles. The van der Waals surface area contributed by atoms with E-state index in [4.69, 9.17) is 10.5 Å². The van der Waals surface area contributed by atoms with Gasteiger partial charge in [-0.1, -0.05) is 0 Å². The Kier molecular flexibility index (Phi) is 3.65. The molecule has 2 aromatic rings. The van der Waals surface area contributed by atoms with Gasteiger partial charge < -0.3 is 20.7 Å². The second kappa shape index (κ2) is 5.36. The van der Waals surface area contributed by atoms with Gasteiger partial charge in [0, 0.05) is 5.56 Å². The zero-order chi connectivity index (χ0) is 15.9. The number of nitrogens with two attached hydrogens (primary N) is 1. The summed E-state index contributed by atoms with van der Waals surface area (Å²) in [6.45, 7) is 6.38. The molecule has 0 aromatic carbocycles. The summed E-state index contributed by atoms with van der Waals surface area (Å²) < 4.78 is 6.53. The summed E-state index contributed by atoms with van der Waals surface area (Å²) in [4.78, 5) is 15.9. The molecular formula is C13H15N5O3S. The van der Waals surface area contributed by atoms with Crippen LogP contribution in [-0.4, -0.2) is 58.1 Å². The predicted octanol–water partition coefficient (Wildman–Crippen LogP) is 0.164. The van der Waals surface area contributed by atoms with Gasteiger partial charge in [-0.05, 0) is 18.8 Å². The number of hydrogen-bond donors (Lipinski definition) is 3. The highest BCUT2D eigenvalue weighted by Gasteiger charge is 2.55. The van der Waals surface area contributed by atoms with Crippen molar-refractivity contribution < 1.29 is 14.9 Å². The molecule has 3 heterocycles. The van der Waals surface area contributed by atoms with E-state index in [1.54, 1.807) is 0 Å².